The van der Waals surface area contributed by atoms with Gasteiger partial charge in [0.25, 0.3) is 0 Å². The number of ether oxygens (including phenoxy) is 4. The summed E-state index contributed by atoms with van der Waals surface area (Å²) < 4.78 is 37.7. The molecule has 3 heterocycles. The smallest absolute Gasteiger partial charge is 0.163 e. The van der Waals surface area contributed by atoms with E-state index in [1.54, 1.807) is 35.6 Å². The van der Waals surface area contributed by atoms with Crippen molar-refractivity contribution in [3.63, 3.8) is 0 Å². The van der Waals surface area contributed by atoms with Crippen LogP contribution in [0.5, 0.6) is 11.5 Å². The third kappa shape index (κ3) is 5.77. The standard InChI is InChI=1S/C29H25ClFN3O4S/c1-29(2)37-15-21(38-29)14-35-20-7-8-22-25(12-20)39-28-26(22)27(32-16-33-28)34-19-6-9-24(23(30)11-19)36-13-17-4-3-5-18(31)10-17/h3-12,16,21H,13-15H2,1-2H3,(H,32,33,34)/t21-/m0/s1. The summed E-state index contributed by atoms with van der Waals surface area (Å²) in [4.78, 5) is 9.84. The van der Waals surface area contributed by atoms with Crippen LogP contribution in [0.1, 0.15) is 19.4 Å². The number of hydrogen-bond acceptors (Lipinski definition) is 8. The second kappa shape index (κ2) is 10.6. The van der Waals surface area contributed by atoms with Gasteiger partial charge in [-0.15, -0.1) is 11.3 Å². The van der Waals surface area contributed by atoms with Gasteiger partial charge in [0.15, 0.2) is 5.79 Å². The molecule has 1 aliphatic heterocycles. The van der Waals surface area contributed by atoms with E-state index in [9.17, 15) is 4.39 Å². The average Bonchev–Trinajstić information content (AvgIpc) is 3.46. The number of nitrogens with one attached hydrogen (secondary N) is 1. The van der Waals surface area contributed by atoms with Crippen molar-refractivity contribution in [2.75, 3.05) is 18.5 Å². The molecule has 0 bridgehead atoms. The summed E-state index contributed by atoms with van der Waals surface area (Å²) >= 11 is 8.06. The fourth-order valence-electron chi connectivity index (χ4n) is 4.43. The van der Waals surface area contributed by atoms with E-state index in [1.165, 1.54) is 18.5 Å². The fourth-order valence-corrected chi connectivity index (χ4v) is 5.73. The first-order chi connectivity index (χ1) is 18.8. The lowest BCUT2D eigenvalue weighted by molar-refractivity contribution is -0.141. The molecule has 10 heteroatoms. The topological polar surface area (TPSA) is 74.7 Å². The van der Waals surface area contributed by atoms with Crippen LogP contribution in [0.2, 0.25) is 5.02 Å². The number of hydrogen-bond donors (Lipinski definition) is 1. The maximum Gasteiger partial charge on any atom is 0.163 e. The van der Waals surface area contributed by atoms with Crippen LogP contribution in [0.4, 0.5) is 15.9 Å². The minimum absolute atomic E-state index is 0.107. The van der Waals surface area contributed by atoms with Crippen molar-refractivity contribution >= 4 is 54.7 Å². The van der Waals surface area contributed by atoms with Crippen molar-refractivity contribution in [3.8, 4) is 11.5 Å². The number of aromatic nitrogens is 2. The summed E-state index contributed by atoms with van der Waals surface area (Å²) in [6.45, 7) is 4.92. The molecule has 200 valence electrons. The molecule has 0 saturated carbocycles. The van der Waals surface area contributed by atoms with Crippen LogP contribution in [0.25, 0.3) is 20.3 Å². The van der Waals surface area contributed by atoms with Gasteiger partial charge in [-0.25, -0.2) is 14.4 Å². The zero-order valence-corrected chi connectivity index (χ0v) is 22.8. The van der Waals surface area contributed by atoms with Crippen LogP contribution in [0.3, 0.4) is 0 Å². The normalized spacial score (nSPS) is 16.6. The quantitative estimate of drug-likeness (QED) is 0.209. The van der Waals surface area contributed by atoms with E-state index in [0.717, 1.165) is 37.3 Å². The number of rotatable bonds is 8. The molecule has 0 unspecified atom stereocenters. The molecule has 1 saturated heterocycles. The molecule has 3 aromatic carbocycles. The van der Waals surface area contributed by atoms with Gasteiger partial charge in [-0.3, -0.25) is 0 Å². The maximum atomic E-state index is 13.4. The van der Waals surface area contributed by atoms with Gasteiger partial charge in [0, 0.05) is 15.8 Å². The fraction of sp³-hybridized carbons (Fsp3) is 0.241. The van der Waals surface area contributed by atoms with E-state index < -0.39 is 5.79 Å². The number of nitrogens with zero attached hydrogens (tertiary/aromatic N) is 2. The van der Waals surface area contributed by atoms with Gasteiger partial charge < -0.3 is 24.3 Å². The van der Waals surface area contributed by atoms with Gasteiger partial charge in [-0.05, 0) is 67.9 Å². The highest BCUT2D eigenvalue weighted by molar-refractivity contribution is 7.25. The number of benzene rings is 3. The Kier molecular flexibility index (Phi) is 6.99. The predicted octanol–water partition coefficient (Wildman–Crippen LogP) is 7.49. The summed E-state index contributed by atoms with van der Waals surface area (Å²) in [5.74, 6) is 1.05. The lowest BCUT2D eigenvalue weighted by Gasteiger charge is -2.17. The lowest BCUT2D eigenvalue weighted by Crippen LogP contribution is -2.25. The van der Waals surface area contributed by atoms with Gasteiger partial charge in [0.1, 0.15) is 53.6 Å². The van der Waals surface area contributed by atoms with Crippen molar-refractivity contribution in [3.05, 3.63) is 83.4 Å². The van der Waals surface area contributed by atoms with Crippen LogP contribution in [0.15, 0.2) is 67.0 Å². The molecule has 0 amide bonds. The van der Waals surface area contributed by atoms with E-state index in [0.29, 0.717) is 29.8 Å². The largest absolute Gasteiger partial charge is 0.491 e. The third-order valence-electron chi connectivity index (χ3n) is 6.22. The van der Waals surface area contributed by atoms with E-state index in [1.807, 2.05) is 38.1 Å². The van der Waals surface area contributed by atoms with Gasteiger partial charge in [-0.1, -0.05) is 23.7 Å². The Morgan fingerprint density at radius 1 is 1.10 bits per heavy atom. The maximum absolute atomic E-state index is 13.4. The van der Waals surface area contributed by atoms with Gasteiger partial charge in [0.2, 0.25) is 0 Å². The first-order valence-corrected chi connectivity index (χ1v) is 13.6. The van der Waals surface area contributed by atoms with E-state index in [-0.39, 0.29) is 18.5 Å². The Hall–Kier alpha value is -3.50. The summed E-state index contributed by atoms with van der Waals surface area (Å²) in [5, 5.41) is 5.73. The molecule has 5 aromatic rings. The highest BCUT2D eigenvalue weighted by atomic mass is 35.5. The van der Waals surface area contributed by atoms with Crippen molar-refractivity contribution in [1.82, 2.24) is 9.97 Å². The van der Waals surface area contributed by atoms with Crippen molar-refractivity contribution in [1.29, 1.82) is 0 Å². The molecule has 7 nitrogen and oxygen atoms in total. The summed E-state index contributed by atoms with van der Waals surface area (Å²) in [6.07, 6.45) is 1.43. The molecule has 39 heavy (non-hydrogen) atoms. The Balaban J connectivity index is 1.18. The molecular formula is C29H25ClFN3O4S. The Morgan fingerprint density at radius 3 is 2.79 bits per heavy atom. The first-order valence-electron chi connectivity index (χ1n) is 12.4. The van der Waals surface area contributed by atoms with Crippen LogP contribution >= 0.6 is 22.9 Å². The van der Waals surface area contributed by atoms with Crippen molar-refractivity contribution < 1.29 is 23.3 Å². The molecule has 6 rings (SSSR count). The lowest BCUT2D eigenvalue weighted by atomic mass is 10.2. The average molecular weight is 566 g/mol. The van der Waals surface area contributed by atoms with E-state index >= 15 is 0 Å². The highest BCUT2D eigenvalue weighted by Gasteiger charge is 2.33. The number of anilines is 2. The molecule has 1 aliphatic rings. The van der Waals surface area contributed by atoms with Crippen LogP contribution < -0.4 is 14.8 Å². The van der Waals surface area contributed by atoms with Crippen molar-refractivity contribution in [2.24, 2.45) is 0 Å². The minimum Gasteiger partial charge on any atom is -0.491 e. The SMILES string of the molecule is CC1(C)OC[C@H](COc2ccc3c(c2)sc2ncnc(Nc4ccc(OCc5cccc(F)c5)c(Cl)c4)c23)O1. The second-order valence-corrected chi connectivity index (χ2v) is 11.1. The van der Waals surface area contributed by atoms with Gasteiger partial charge in [-0.2, -0.15) is 0 Å². The van der Waals surface area contributed by atoms with E-state index in [2.05, 4.69) is 15.3 Å². The summed E-state index contributed by atoms with van der Waals surface area (Å²) in [6, 6.07) is 17.6. The van der Waals surface area contributed by atoms with Crippen LogP contribution in [-0.2, 0) is 16.1 Å². The minimum atomic E-state index is -0.577. The van der Waals surface area contributed by atoms with Crippen LogP contribution in [-0.4, -0.2) is 35.1 Å². The zero-order chi connectivity index (χ0) is 27.0. The number of halogens is 2. The van der Waals surface area contributed by atoms with Crippen molar-refractivity contribution in [2.45, 2.75) is 32.3 Å². The Morgan fingerprint density at radius 2 is 2.00 bits per heavy atom. The highest BCUT2D eigenvalue weighted by Crippen LogP contribution is 2.39. The first kappa shape index (κ1) is 25.8. The number of thiophene rings is 1. The summed E-state index contributed by atoms with van der Waals surface area (Å²) in [7, 11) is 0. The van der Waals surface area contributed by atoms with E-state index in [4.69, 9.17) is 30.5 Å². The molecule has 2 aromatic heterocycles. The zero-order valence-electron chi connectivity index (χ0n) is 21.2. The molecule has 0 radical (unpaired) electrons. The number of fused-ring (bicyclic) bond motifs is 3. The molecule has 1 N–H and O–H groups in total. The Bertz CT molecular complexity index is 1660. The molecule has 1 fully saturated rings. The Labute approximate surface area is 233 Å². The molecule has 0 spiro atoms. The van der Waals surface area contributed by atoms with Gasteiger partial charge in [0.05, 0.1) is 17.0 Å². The predicted molar refractivity (Wildman–Crippen MR) is 151 cm³/mol. The van der Waals surface area contributed by atoms with Crippen LogP contribution in [0, 0.1) is 5.82 Å². The monoisotopic (exact) mass is 565 g/mol. The molecule has 0 aliphatic carbocycles. The molecule has 1 atom stereocenters. The summed E-state index contributed by atoms with van der Waals surface area (Å²) in [5.41, 5.74) is 1.47. The third-order valence-corrected chi connectivity index (χ3v) is 7.58. The second-order valence-electron chi connectivity index (χ2n) is 9.61. The molecular weight excluding hydrogens is 541 g/mol. The van der Waals surface area contributed by atoms with Gasteiger partial charge >= 0.3 is 0 Å².